The van der Waals surface area contributed by atoms with Crippen molar-refractivity contribution in [1.29, 1.82) is 0 Å². The number of nitrogens with zero attached hydrogens (tertiary/aromatic N) is 4. The predicted octanol–water partition coefficient (Wildman–Crippen LogP) is 3.65. The molecule has 0 radical (unpaired) electrons. The molecule has 3 aromatic rings. The molecule has 2 aliphatic rings. The minimum atomic E-state index is -0.966. The summed E-state index contributed by atoms with van der Waals surface area (Å²) in [5, 5.41) is 12.2. The number of urea groups is 1. The summed E-state index contributed by atoms with van der Waals surface area (Å²) < 4.78 is 35.1. The van der Waals surface area contributed by atoms with E-state index in [0.29, 0.717) is 35.9 Å². The number of ether oxygens (including phenoxy) is 1. The highest BCUT2D eigenvalue weighted by atomic mass is 19.2. The lowest BCUT2D eigenvalue weighted by Crippen LogP contribution is -2.51. The Bertz CT molecular complexity index is 1260. The van der Waals surface area contributed by atoms with Crippen molar-refractivity contribution < 1.29 is 23.1 Å². The Hall–Kier alpha value is -3.54. The zero-order valence-electron chi connectivity index (χ0n) is 20.9. The largest absolute Gasteiger partial charge is 0.470 e. The highest BCUT2D eigenvalue weighted by molar-refractivity contribution is 5.90. The van der Waals surface area contributed by atoms with E-state index in [9.17, 15) is 13.6 Å². The minimum Gasteiger partial charge on any atom is -0.470 e. The highest BCUT2D eigenvalue weighted by Crippen LogP contribution is 2.32. The van der Waals surface area contributed by atoms with Gasteiger partial charge in [-0.05, 0) is 43.8 Å². The number of hydrogen-bond acceptors (Lipinski definition) is 6. The van der Waals surface area contributed by atoms with Crippen LogP contribution in [0.2, 0.25) is 0 Å². The molecule has 2 aliphatic heterocycles. The third-order valence-electron chi connectivity index (χ3n) is 6.59. The number of likely N-dealkylation sites (N-methyl/N-ethyl adjacent to an activating group) is 2. The van der Waals surface area contributed by atoms with Crippen LogP contribution in [0.5, 0.6) is 5.88 Å². The summed E-state index contributed by atoms with van der Waals surface area (Å²) in [6.45, 7) is 6.32. The Labute approximate surface area is 213 Å². The summed E-state index contributed by atoms with van der Waals surface area (Å²) in [5.41, 5.74) is 1.90. The molecule has 0 unspecified atom stereocenters. The average molecular weight is 513 g/mol. The number of halogens is 2. The maximum atomic E-state index is 13.9. The second-order valence-corrected chi connectivity index (χ2v) is 9.37. The van der Waals surface area contributed by atoms with Crippen LogP contribution >= 0.6 is 0 Å². The molecule has 5 rings (SSSR count). The Kier molecular flexibility index (Phi) is 7.09. The van der Waals surface area contributed by atoms with E-state index in [1.807, 2.05) is 51.2 Å². The van der Waals surface area contributed by atoms with Crippen LogP contribution in [-0.4, -0.2) is 71.1 Å². The molecule has 3 heterocycles. The summed E-state index contributed by atoms with van der Waals surface area (Å²) in [4.78, 5) is 21.3. The lowest BCUT2D eigenvalue weighted by Gasteiger charge is -2.35. The van der Waals surface area contributed by atoms with Gasteiger partial charge in [0.2, 0.25) is 5.88 Å². The number of anilines is 1. The Balaban J connectivity index is 1.37. The Morgan fingerprint density at radius 3 is 2.57 bits per heavy atom. The smallest absolute Gasteiger partial charge is 0.320 e. The van der Waals surface area contributed by atoms with Gasteiger partial charge in [-0.1, -0.05) is 31.2 Å². The molecular formula is C26H30F2N6O3. The van der Waals surface area contributed by atoms with Crippen LogP contribution in [0.1, 0.15) is 24.2 Å². The van der Waals surface area contributed by atoms with Gasteiger partial charge in [0.15, 0.2) is 11.6 Å². The van der Waals surface area contributed by atoms with Crippen molar-refractivity contribution in [2.45, 2.75) is 32.1 Å². The summed E-state index contributed by atoms with van der Waals surface area (Å²) in [7, 11) is 2.02. The summed E-state index contributed by atoms with van der Waals surface area (Å²) in [5.74, 6) is -0.973. The van der Waals surface area contributed by atoms with Gasteiger partial charge >= 0.3 is 6.03 Å². The number of para-hydroxylation sites is 1. The SMILES string of the molecule is CCN1C[C@@H](NC(=O)Nc2c(C)c(OC3CN(C)C3)nn2-c2ccccc2)[C@H](c2ccc(F)c(F)c2)O1. The van der Waals surface area contributed by atoms with Crippen LogP contribution in [0.4, 0.5) is 19.4 Å². The van der Waals surface area contributed by atoms with E-state index in [1.54, 1.807) is 9.75 Å². The van der Waals surface area contributed by atoms with Gasteiger partial charge in [0.1, 0.15) is 18.0 Å². The van der Waals surface area contributed by atoms with E-state index in [4.69, 9.17) is 9.57 Å². The molecule has 196 valence electrons. The summed E-state index contributed by atoms with van der Waals surface area (Å²) in [6.07, 6.45) is -0.632. The molecule has 2 amide bonds. The molecule has 9 nitrogen and oxygen atoms in total. The van der Waals surface area contributed by atoms with Gasteiger partial charge in [0.25, 0.3) is 0 Å². The van der Waals surface area contributed by atoms with E-state index < -0.39 is 29.8 Å². The van der Waals surface area contributed by atoms with Crippen LogP contribution in [0, 0.1) is 18.6 Å². The topological polar surface area (TPSA) is 83.9 Å². The van der Waals surface area contributed by atoms with Gasteiger partial charge in [-0.3, -0.25) is 15.1 Å². The van der Waals surface area contributed by atoms with Gasteiger partial charge in [-0.25, -0.2) is 18.3 Å². The maximum Gasteiger partial charge on any atom is 0.320 e. The molecule has 2 aromatic carbocycles. The first-order chi connectivity index (χ1) is 17.8. The molecule has 0 aliphatic carbocycles. The fourth-order valence-corrected chi connectivity index (χ4v) is 4.58. The summed E-state index contributed by atoms with van der Waals surface area (Å²) >= 11 is 0. The van der Waals surface area contributed by atoms with Crippen LogP contribution in [0.15, 0.2) is 48.5 Å². The molecule has 2 atom stereocenters. The zero-order valence-corrected chi connectivity index (χ0v) is 20.9. The van der Waals surface area contributed by atoms with Crippen molar-refractivity contribution >= 4 is 11.8 Å². The van der Waals surface area contributed by atoms with Gasteiger partial charge < -0.3 is 10.1 Å². The highest BCUT2D eigenvalue weighted by Gasteiger charge is 2.37. The normalized spacial score (nSPS) is 20.6. The number of benzene rings is 2. The van der Waals surface area contributed by atoms with Crippen molar-refractivity contribution in [3.8, 4) is 11.6 Å². The molecule has 0 bridgehead atoms. The van der Waals surface area contributed by atoms with E-state index in [-0.39, 0.29) is 6.10 Å². The number of carbonyl (C=O) groups excluding carboxylic acids is 1. The quantitative estimate of drug-likeness (QED) is 0.503. The maximum absolute atomic E-state index is 13.9. The van der Waals surface area contributed by atoms with Crippen molar-refractivity contribution in [3.05, 3.63) is 71.3 Å². The summed E-state index contributed by atoms with van der Waals surface area (Å²) in [6, 6.07) is 12.1. The lowest BCUT2D eigenvalue weighted by atomic mass is 10.0. The standard InChI is InChI=1S/C26H30F2N6O3/c1-4-33-15-22(23(37-33)17-10-11-20(27)21(28)12-17)29-26(35)30-24-16(2)25(36-19-13-32(3)14-19)31-34(24)18-8-6-5-7-9-18/h5-12,19,22-23H,4,13-15H2,1-3H3,(H2,29,30,35)/t22-,23+/m1/s1. The van der Waals surface area contributed by atoms with Crippen LogP contribution < -0.4 is 15.4 Å². The predicted molar refractivity (Wildman–Crippen MR) is 134 cm³/mol. The van der Waals surface area contributed by atoms with Crippen LogP contribution in [0.25, 0.3) is 5.69 Å². The third kappa shape index (κ3) is 5.29. The number of likely N-dealkylation sites (tertiary alicyclic amines) is 1. The lowest BCUT2D eigenvalue weighted by molar-refractivity contribution is -0.144. The van der Waals surface area contributed by atoms with E-state index >= 15 is 0 Å². The fraction of sp³-hybridized carbons (Fsp3) is 0.385. The fourth-order valence-electron chi connectivity index (χ4n) is 4.58. The van der Waals surface area contributed by atoms with Crippen molar-refractivity contribution in [1.82, 2.24) is 25.1 Å². The van der Waals surface area contributed by atoms with Crippen LogP contribution in [0.3, 0.4) is 0 Å². The van der Waals surface area contributed by atoms with Crippen molar-refractivity contribution in [2.75, 3.05) is 38.5 Å². The molecule has 2 N–H and O–H groups in total. The first-order valence-electron chi connectivity index (χ1n) is 12.3. The third-order valence-corrected chi connectivity index (χ3v) is 6.59. The van der Waals surface area contributed by atoms with Gasteiger partial charge in [-0.15, -0.1) is 5.10 Å². The number of amides is 2. The Morgan fingerprint density at radius 1 is 1.14 bits per heavy atom. The van der Waals surface area contributed by atoms with E-state index in [1.165, 1.54) is 6.07 Å². The molecule has 2 saturated heterocycles. The molecule has 1 aromatic heterocycles. The van der Waals surface area contributed by atoms with Crippen LogP contribution in [-0.2, 0) is 4.84 Å². The molecule has 0 saturated carbocycles. The number of rotatable bonds is 7. The second kappa shape index (κ2) is 10.4. The first kappa shape index (κ1) is 25.1. The molecule has 0 spiro atoms. The number of hydrogen-bond donors (Lipinski definition) is 2. The second-order valence-electron chi connectivity index (χ2n) is 9.37. The van der Waals surface area contributed by atoms with E-state index in [0.717, 1.165) is 30.9 Å². The van der Waals surface area contributed by atoms with E-state index in [2.05, 4.69) is 20.6 Å². The van der Waals surface area contributed by atoms with Gasteiger partial charge in [-0.2, -0.15) is 5.06 Å². The number of aromatic nitrogens is 2. The minimum absolute atomic E-state index is 0.0389. The average Bonchev–Trinajstić information content (AvgIpc) is 3.41. The van der Waals surface area contributed by atoms with Crippen molar-refractivity contribution in [3.63, 3.8) is 0 Å². The van der Waals surface area contributed by atoms with Gasteiger partial charge in [0.05, 0.1) is 17.3 Å². The van der Waals surface area contributed by atoms with Gasteiger partial charge in [0, 0.05) is 26.2 Å². The number of hydroxylamine groups is 2. The molecule has 2 fully saturated rings. The molecule has 37 heavy (non-hydrogen) atoms. The van der Waals surface area contributed by atoms with Crippen molar-refractivity contribution in [2.24, 2.45) is 0 Å². The first-order valence-corrected chi connectivity index (χ1v) is 12.3. The molecule has 11 heteroatoms. The number of carbonyl (C=O) groups is 1. The number of nitrogens with one attached hydrogen (secondary N) is 2. The zero-order chi connectivity index (χ0) is 26.1. The molecular weight excluding hydrogens is 482 g/mol. The Morgan fingerprint density at radius 2 is 1.89 bits per heavy atom. The monoisotopic (exact) mass is 512 g/mol.